The van der Waals surface area contributed by atoms with E-state index in [0.29, 0.717) is 21.3 Å². The molecule has 0 saturated heterocycles. The minimum absolute atomic E-state index is 0.182. The Kier molecular flexibility index (Phi) is 3.76. The van der Waals surface area contributed by atoms with Crippen molar-refractivity contribution >= 4 is 38.7 Å². The average molecular weight is 316 g/mol. The summed E-state index contributed by atoms with van der Waals surface area (Å²) < 4.78 is 22.9. The molecule has 0 heterocycles. The molecule has 0 atom stereocenters. The van der Waals surface area contributed by atoms with Gasteiger partial charge in [-0.15, -0.1) is 0 Å². The molecule has 0 aliphatic heterocycles. The van der Waals surface area contributed by atoms with E-state index in [2.05, 4.69) is 0 Å². The molecule has 0 fully saturated rings. The first kappa shape index (κ1) is 14.2. The number of halogens is 2. The van der Waals surface area contributed by atoms with Gasteiger partial charge in [-0.3, -0.25) is 0 Å². The minimum atomic E-state index is -3.27. The van der Waals surface area contributed by atoms with E-state index in [9.17, 15) is 8.42 Å². The van der Waals surface area contributed by atoms with Gasteiger partial charge in [-0.25, -0.2) is 8.42 Å². The Balaban J connectivity index is 2.58. The summed E-state index contributed by atoms with van der Waals surface area (Å²) in [4.78, 5) is 0.182. The van der Waals surface area contributed by atoms with Crippen molar-refractivity contribution in [3.63, 3.8) is 0 Å². The molecule has 0 aliphatic rings. The number of hydrogen-bond acceptors (Lipinski definition) is 3. The SMILES string of the molecule is CS(=O)(=O)c1ccc(-c2cc(Cl)cc(Cl)c2)c(N)c1. The van der Waals surface area contributed by atoms with Gasteiger partial charge in [-0.1, -0.05) is 29.3 Å². The Labute approximate surface area is 121 Å². The Morgan fingerprint density at radius 2 is 1.58 bits per heavy atom. The summed E-state index contributed by atoms with van der Waals surface area (Å²) >= 11 is 11.9. The van der Waals surface area contributed by atoms with Crippen LogP contribution in [0, 0.1) is 0 Å². The van der Waals surface area contributed by atoms with Gasteiger partial charge in [0.2, 0.25) is 0 Å². The molecule has 0 unspecified atom stereocenters. The Morgan fingerprint density at radius 3 is 2.05 bits per heavy atom. The highest BCUT2D eigenvalue weighted by Gasteiger charge is 2.11. The number of nitrogen functional groups attached to an aromatic ring is 1. The molecule has 6 heteroatoms. The summed E-state index contributed by atoms with van der Waals surface area (Å²) in [6.07, 6.45) is 1.14. The van der Waals surface area contributed by atoms with Crippen LogP contribution in [0.25, 0.3) is 11.1 Å². The molecule has 2 rings (SSSR count). The highest BCUT2D eigenvalue weighted by atomic mass is 35.5. The van der Waals surface area contributed by atoms with E-state index < -0.39 is 9.84 Å². The highest BCUT2D eigenvalue weighted by Crippen LogP contribution is 2.32. The van der Waals surface area contributed by atoms with Crippen LogP contribution in [0.1, 0.15) is 0 Å². The van der Waals surface area contributed by atoms with Crippen LogP contribution in [-0.2, 0) is 9.84 Å². The third kappa shape index (κ3) is 3.21. The van der Waals surface area contributed by atoms with E-state index in [-0.39, 0.29) is 4.90 Å². The number of anilines is 1. The summed E-state index contributed by atoms with van der Waals surface area (Å²) in [5.74, 6) is 0. The van der Waals surface area contributed by atoms with Crippen molar-refractivity contribution < 1.29 is 8.42 Å². The lowest BCUT2D eigenvalue weighted by Gasteiger charge is -2.09. The maximum absolute atomic E-state index is 11.4. The molecule has 0 radical (unpaired) electrons. The first-order chi connectivity index (χ1) is 8.77. The van der Waals surface area contributed by atoms with Crippen molar-refractivity contribution in [3.05, 3.63) is 46.4 Å². The third-order valence-corrected chi connectivity index (χ3v) is 4.17. The number of rotatable bonds is 2. The molecule has 0 amide bonds. The topological polar surface area (TPSA) is 60.2 Å². The fourth-order valence-electron chi connectivity index (χ4n) is 1.74. The number of benzene rings is 2. The van der Waals surface area contributed by atoms with Crippen molar-refractivity contribution in [2.75, 3.05) is 12.0 Å². The molecule has 19 heavy (non-hydrogen) atoms. The fourth-order valence-corrected chi connectivity index (χ4v) is 2.93. The Hall–Kier alpha value is -1.23. The maximum atomic E-state index is 11.4. The third-order valence-electron chi connectivity index (χ3n) is 2.62. The molecule has 0 bridgehead atoms. The molecular formula is C13H11Cl2NO2S. The zero-order chi connectivity index (χ0) is 14.2. The largest absolute Gasteiger partial charge is 0.398 e. The van der Waals surface area contributed by atoms with Gasteiger partial charge in [-0.2, -0.15) is 0 Å². The van der Waals surface area contributed by atoms with Gasteiger partial charge in [0.05, 0.1) is 4.90 Å². The summed E-state index contributed by atoms with van der Waals surface area (Å²) in [6.45, 7) is 0. The first-order valence-corrected chi connectivity index (χ1v) is 7.98. The second-order valence-corrected chi connectivity index (χ2v) is 7.07. The number of sulfone groups is 1. The molecular weight excluding hydrogens is 305 g/mol. The molecule has 100 valence electrons. The summed E-state index contributed by atoms with van der Waals surface area (Å²) in [5.41, 5.74) is 7.70. The summed E-state index contributed by atoms with van der Waals surface area (Å²) in [5, 5.41) is 0.989. The van der Waals surface area contributed by atoms with Crippen LogP contribution in [0.3, 0.4) is 0 Å². The first-order valence-electron chi connectivity index (χ1n) is 5.33. The van der Waals surface area contributed by atoms with E-state index in [0.717, 1.165) is 11.8 Å². The maximum Gasteiger partial charge on any atom is 0.175 e. The van der Waals surface area contributed by atoms with Crippen molar-refractivity contribution in [3.8, 4) is 11.1 Å². The normalized spacial score (nSPS) is 11.5. The Bertz CT molecular complexity index is 722. The van der Waals surface area contributed by atoms with Gasteiger partial charge in [0.1, 0.15) is 0 Å². The molecule has 0 aliphatic carbocycles. The van der Waals surface area contributed by atoms with E-state index in [4.69, 9.17) is 28.9 Å². The van der Waals surface area contributed by atoms with Gasteiger partial charge < -0.3 is 5.73 Å². The van der Waals surface area contributed by atoms with Crippen molar-refractivity contribution in [2.24, 2.45) is 0 Å². The van der Waals surface area contributed by atoms with Crippen LogP contribution in [0.15, 0.2) is 41.3 Å². The second-order valence-electron chi connectivity index (χ2n) is 4.18. The lowest BCUT2D eigenvalue weighted by atomic mass is 10.0. The molecule has 2 aromatic carbocycles. The average Bonchev–Trinajstić information content (AvgIpc) is 2.26. The summed E-state index contributed by atoms with van der Waals surface area (Å²) in [6, 6.07) is 9.65. The second kappa shape index (κ2) is 5.04. The van der Waals surface area contributed by atoms with Gasteiger partial charge in [-0.05, 0) is 35.9 Å². The van der Waals surface area contributed by atoms with Gasteiger partial charge >= 0.3 is 0 Å². The van der Waals surface area contributed by atoms with Crippen molar-refractivity contribution in [1.29, 1.82) is 0 Å². The van der Waals surface area contributed by atoms with E-state index in [1.54, 1.807) is 24.3 Å². The monoisotopic (exact) mass is 315 g/mol. The van der Waals surface area contributed by atoms with Crippen LogP contribution in [-0.4, -0.2) is 14.7 Å². The van der Waals surface area contributed by atoms with E-state index in [1.165, 1.54) is 12.1 Å². The number of nitrogens with two attached hydrogens (primary N) is 1. The van der Waals surface area contributed by atoms with Gasteiger partial charge in [0.15, 0.2) is 9.84 Å². The van der Waals surface area contributed by atoms with E-state index in [1.807, 2.05) is 0 Å². The predicted molar refractivity (Wildman–Crippen MR) is 79.4 cm³/mol. The molecule has 2 aromatic rings. The number of hydrogen-bond donors (Lipinski definition) is 1. The zero-order valence-electron chi connectivity index (χ0n) is 10.0. The van der Waals surface area contributed by atoms with Crippen LogP contribution in [0.2, 0.25) is 10.0 Å². The smallest absolute Gasteiger partial charge is 0.175 e. The van der Waals surface area contributed by atoms with Crippen LogP contribution < -0.4 is 5.73 Å². The fraction of sp³-hybridized carbons (Fsp3) is 0.0769. The lowest BCUT2D eigenvalue weighted by Crippen LogP contribution is -1.99. The minimum Gasteiger partial charge on any atom is -0.398 e. The van der Waals surface area contributed by atoms with Crippen LogP contribution >= 0.6 is 23.2 Å². The summed E-state index contributed by atoms with van der Waals surface area (Å²) in [7, 11) is -3.27. The van der Waals surface area contributed by atoms with Gasteiger partial charge in [0.25, 0.3) is 0 Å². The van der Waals surface area contributed by atoms with Crippen LogP contribution in [0.5, 0.6) is 0 Å². The molecule has 0 saturated carbocycles. The van der Waals surface area contributed by atoms with E-state index >= 15 is 0 Å². The molecule has 0 spiro atoms. The quantitative estimate of drug-likeness (QED) is 0.860. The molecule has 3 nitrogen and oxygen atoms in total. The van der Waals surface area contributed by atoms with Crippen LogP contribution in [0.4, 0.5) is 5.69 Å². The molecule has 0 aromatic heterocycles. The Morgan fingerprint density at radius 1 is 1.00 bits per heavy atom. The standard InChI is InChI=1S/C13H11Cl2NO2S/c1-19(17,18)11-2-3-12(13(16)7-11)8-4-9(14)6-10(15)5-8/h2-7H,16H2,1H3. The lowest BCUT2D eigenvalue weighted by molar-refractivity contribution is 0.602. The molecule has 2 N–H and O–H groups in total. The van der Waals surface area contributed by atoms with Crippen molar-refractivity contribution in [2.45, 2.75) is 4.90 Å². The van der Waals surface area contributed by atoms with Gasteiger partial charge in [0, 0.05) is 27.6 Å². The highest BCUT2D eigenvalue weighted by molar-refractivity contribution is 7.90. The zero-order valence-corrected chi connectivity index (χ0v) is 12.4. The predicted octanol–water partition coefficient (Wildman–Crippen LogP) is 3.65. The van der Waals surface area contributed by atoms with Crippen molar-refractivity contribution in [1.82, 2.24) is 0 Å².